The van der Waals surface area contributed by atoms with Crippen LogP contribution in [0.4, 0.5) is 5.69 Å². The van der Waals surface area contributed by atoms with E-state index in [1.54, 1.807) is 58.9 Å². The highest BCUT2D eigenvalue weighted by Gasteiger charge is 2.20. The van der Waals surface area contributed by atoms with Crippen LogP contribution in [0.2, 0.25) is 0 Å². The van der Waals surface area contributed by atoms with E-state index in [-0.39, 0.29) is 30.6 Å². The Morgan fingerprint density at radius 3 is 2.09 bits per heavy atom. The fourth-order valence-electron chi connectivity index (χ4n) is 7.18. The number of para-hydroxylation sites is 1. The van der Waals surface area contributed by atoms with Crippen LogP contribution in [0.15, 0.2) is 103 Å². The second kappa shape index (κ2) is 24.6. The lowest BCUT2D eigenvalue weighted by Gasteiger charge is -2.21. The first-order valence-corrected chi connectivity index (χ1v) is 22.5. The number of carbonyl (C=O) groups excluding carboxylic acids is 4. The van der Waals surface area contributed by atoms with Crippen molar-refractivity contribution in [1.82, 2.24) is 40.1 Å². The van der Waals surface area contributed by atoms with E-state index in [9.17, 15) is 19.2 Å². The normalized spacial score (nSPS) is 10.9. The van der Waals surface area contributed by atoms with Crippen LogP contribution >= 0.6 is 0 Å². The number of anilines is 1. The van der Waals surface area contributed by atoms with Crippen LogP contribution in [0.3, 0.4) is 0 Å². The average Bonchev–Trinajstić information content (AvgIpc) is 4.03. The largest absolute Gasteiger partial charge is 0.466 e. The van der Waals surface area contributed by atoms with Gasteiger partial charge in [0.15, 0.2) is 11.5 Å². The van der Waals surface area contributed by atoms with Gasteiger partial charge in [-0.05, 0) is 73.5 Å². The van der Waals surface area contributed by atoms with Crippen LogP contribution < -0.4 is 10.1 Å². The van der Waals surface area contributed by atoms with Gasteiger partial charge in [0, 0.05) is 42.4 Å². The van der Waals surface area contributed by atoms with Gasteiger partial charge >= 0.3 is 11.9 Å². The maximum atomic E-state index is 12.5. The summed E-state index contributed by atoms with van der Waals surface area (Å²) in [6.45, 7) is 7.08. The minimum Gasteiger partial charge on any atom is -0.466 e. The molecular weight excluding hydrogens is 823 g/mol. The van der Waals surface area contributed by atoms with E-state index in [1.165, 1.54) is 51.4 Å². The molecule has 0 aliphatic carbocycles. The number of aromatic amines is 2. The summed E-state index contributed by atoms with van der Waals surface area (Å²) in [4.78, 5) is 55.5. The zero-order valence-electron chi connectivity index (χ0n) is 37.6. The van der Waals surface area contributed by atoms with Gasteiger partial charge in [0.2, 0.25) is 11.8 Å². The molecule has 3 heterocycles. The molecule has 0 radical (unpaired) electrons. The number of nitrogens with zero attached hydrogens (tertiary/aromatic N) is 6. The molecule has 0 bridgehead atoms. The molecular formula is C50H59N9O6. The van der Waals surface area contributed by atoms with E-state index in [0.29, 0.717) is 59.2 Å². The van der Waals surface area contributed by atoms with Gasteiger partial charge < -0.3 is 19.7 Å². The summed E-state index contributed by atoms with van der Waals surface area (Å²) >= 11 is 0. The smallest absolute Gasteiger partial charge is 0.343 e. The quantitative estimate of drug-likeness (QED) is 0.0336. The number of carbonyl (C=O) groups is 4. The number of H-pyrrole nitrogens is 2. The zero-order chi connectivity index (χ0) is 45.8. The lowest BCUT2D eigenvalue weighted by Crippen LogP contribution is -2.27. The molecule has 0 aliphatic heterocycles. The van der Waals surface area contributed by atoms with Gasteiger partial charge in [0.25, 0.3) is 0 Å². The molecule has 15 nitrogen and oxygen atoms in total. The molecule has 0 fully saturated rings. The van der Waals surface area contributed by atoms with Gasteiger partial charge in [-0.2, -0.15) is 20.0 Å². The number of amides is 2. The van der Waals surface area contributed by atoms with Gasteiger partial charge in [-0.1, -0.05) is 113 Å². The van der Waals surface area contributed by atoms with E-state index in [0.717, 1.165) is 35.2 Å². The number of benzene rings is 4. The average molecular weight is 882 g/mol. The van der Waals surface area contributed by atoms with Gasteiger partial charge in [-0.15, -0.1) is 5.10 Å². The maximum absolute atomic E-state index is 12.5. The first kappa shape index (κ1) is 47.3. The lowest BCUT2D eigenvalue weighted by atomic mass is 10.1. The van der Waals surface area contributed by atoms with Crippen molar-refractivity contribution in [2.45, 2.75) is 111 Å². The van der Waals surface area contributed by atoms with E-state index in [1.807, 2.05) is 67.6 Å². The van der Waals surface area contributed by atoms with Crippen molar-refractivity contribution in [1.29, 1.82) is 0 Å². The topological polar surface area (TPSA) is 190 Å². The second-order valence-electron chi connectivity index (χ2n) is 16.0. The third-order valence-corrected chi connectivity index (χ3v) is 10.9. The number of hydrogen-bond donors (Lipinski definition) is 3. The number of ether oxygens (including phenoxy) is 2. The van der Waals surface area contributed by atoms with E-state index in [4.69, 9.17) is 14.5 Å². The Labute approximate surface area is 379 Å². The van der Waals surface area contributed by atoms with Crippen molar-refractivity contribution in [3.63, 3.8) is 0 Å². The molecule has 7 aromatic rings. The van der Waals surface area contributed by atoms with E-state index in [2.05, 4.69) is 37.8 Å². The molecule has 4 aromatic carbocycles. The Morgan fingerprint density at radius 1 is 0.738 bits per heavy atom. The lowest BCUT2D eigenvalue weighted by molar-refractivity contribution is -0.144. The number of rotatable bonds is 22. The fourth-order valence-corrected chi connectivity index (χ4v) is 7.18. The van der Waals surface area contributed by atoms with E-state index >= 15 is 0 Å². The van der Waals surface area contributed by atoms with Crippen LogP contribution in [0.1, 0.15) is 118 Å². The van der Waals surface area contributed by atoms with Crippen LogP contribution in [0, 0.1) is 6.92 Å². The Bertz CT molecular complexity index is 2590. The van der Waals surface area contributed by atoms with Crippen molar-refractivity contribution >= 4 is 46.1 Å². The van der Waals surface area contributed by atoms with Crippen LogP contribution in [-0.4, -0.2) is 70.5 Å². The van der Waals surface area contributed by atoms with Crippen molar-refractivity contribution in [2.75, 3.05) is 11.9 Å². The summed E-state index contributed by atoms with van der Waals surface area (Å²) < 4.78 is 12.2. The summed E-state index contributed by atoms with van der Waals surface area (Å²) in [5.41, 5.74) is 6.72. The molecule has 65 heavy (non-hydrogen) atoms. The summed E-state index contributed by atoms with van der Waals surface area (Å²) in [5.74, 6) is 0.0276. The third-order valence-electron chi connectivity index (χ3n) is 10.9. The molecule has 0 unspecified atom stereocenters. The van der Waals surface area contributed by atoms with Crippen molar-refractivity contribution < 1.29 is 28.7 Å². The summed E-state index contributed by atoms with van der Waals surface area (Å²) in [6.07, 6.45) is 12.4. The van der Waals surface area contributed by atoms with Gasteiger partial charge in [-0.3, -0.25) is 19.5 Å². The number of hydrogen-bond acceptors (Lipinski definition) is 10. The van der Waals surface area contributed by atoms with Crippen molar-refractivity contribution in [2.24, 2.45) is 0 Å². The number of fused-ring (bicyclic) bond motifs is 2. The second-order valence-corrected chi connectivity index (χ2v) is 16.0. The minimum absolute atomic E-state index is 0.0220. The first-order chi connectivity index (χ1) is 31.7. The highest BCUT2D eigenvalue weighted by molar-refractivity contribution is 5.95. The number of aromatic nitrogens is 7. The van der Waals surface area contributed by atoms with Gasteiger partial charge in [0.05, 0.1) is 25.1 Å². The molecule has 15 heteroatoms. The Kier molecular flexibility index (Phi) is 17.9. The maximum Gasteiger partial charge on any atom is 0.343 e. The number of unbranched alkanes of at least 4 members (excludes halogenated alkanes) is 9. The highest BCUT2D eigenvalue weighted by atomic mass is 16.5. The molecule has 7 rings (SSSR count). The van der Waals surface area contributed by atoms with Crippen LogP contribution in [0.25, 0.3) is 28.1 Å². The summed E-state index contributed by atoms with van der Waals surface area (Å²) in [7, 11) is 0. The van der Waals surface area contributed by atoms with E-state index < -0.39 is 5.97 Å². The highest BCUT2D eigenvalue weighted by Crippen LogP contribution is 2.24. The van der Waals surface area contributed by atoms with Gasteiger partial charge in [-0.25, -0.2) is 9.78 Å². The number of esters is 2. The molecule has 2 amide bonds. The summed E-state index contributed by atoms with van der Waals surface area (Å²) in [6, 6.07) is 31.1. The number of nitrogens with one attached hydrogen (secondary N) is 3. The molecule has 0 spiro atoms. The predicted molar refractivity (Wildman–Crippen MR) is 250 cm³/mol. The van der Waals surface area contributed by atoms with Crippen LogP contribution in [0.5, 0.6) is 5.75 Å². The Hall–Kier alpha value is -7.16. The van der Waals surface area contributed by atoms with Crippen LogP contribution in [-0.2, 0) is 32.2 Å². The predicted octanol–water partition coefficient (Wildman–Crippen LogP) is 9.94. The van der Waals surface area contributed by atoms with Crippen molar-refractivity contribution in [3.8, 4) is 17.1 Å². The molecule has 0 saturated heterocycles. The third kappa shape index (κ3) is 14.7. The standard InChI is InChI=1S/C37H50N6O4.C13H9N3O2/c1-4-5-6-7-8-9-10-11-12-16-25-47-35(46)24-23-34(45)38-32-21-19-31(20-22-32)36-39-37-33(28(2)40-43(37)41-36)27-42(29(3)44)26-30-17-14-13-15-18-30;17-13(18-10-4-2-1-3-5-10)9-6-7-11-12(8-9)15-16-14-11/h13-15,17-22,40H,4-12,16,23-27H2,1-3H3,(H,38,45);1-8H,(H,14,15,16). The first-order valence-electron chi connectivity index (χ1n) is 22.5. The molecule has 0 atom stereocenters. The SMILES string of the molecule is CCCCCCCCCCCCOC(=O)CCC(=O)Nc1ccc(-c2nc3c(CN(Cc4ccccc4)C(C)=O)c(C)[nH]n3n2)cc1.O=C(Oc1ccccc1)c1ccc2n[nH]nc2c1. The van der Waals surface area contributed by atoms with Crippen molar-refractivity contribution in [3.05, 3.63) is 126 Å². The fraction of sp³-hybridized carbons (Fsp3) is 0.360. The Balaban J connectivity index is 0.000000320. The minimum atomic E-state index is -0.411. The molecule has 3 aromatic heterocycles. The number of aryl methyl sites for hydroxylation is 1. The molecule has 0 aliphatic rings. The Morgan fingerprint density at radius 2 is 1.40 bits per heavy atom. The molecule has 340 valence electrons. The zero-order valence-corrected chi connectivity index (χ0v) is 37.6. The molecule has 0 saturated carbocycles. The molecule has 3 N–H and O–H groups in total. The summed E-state index contributed by atoms with van der Waals surface area (Å²) in [5, 5.41) is 21.0. The monoisotopic (exact) mass is 881 g/mol. The van der Waals surface area contributed by atoms with Gasteiger partial charge in [0.1, 0.15) is 16.8 Å².